The zero-order valence-electron chi connectivity index (χ0n) is 14.3. The van der Waals surface area contributed by atoms with Crippen LogP contribution >= 0.6 is 12.6 Å². The van der Waals surface area contributed by atoms with Gasteiger partial charge in [-0.1, -0.05) is 19.9 Å². The largest absolute Gasteiger partial charge is 0.465 e. The van der Waals surface area contributed by atoms with Gasteiger partial charge in [0.25, 0.3) is 0 Å². The Morgan fingerprint density at radius 2 is 1.83 bits per heavy atom. The van der Waals surface area contributed by atoms with E-state index in [2.05, 4.69) is 22.7 Å². The molecule has 1 N–H and O–H groups in total. The van der Waals surface area contributed by atoms with E-state index in [9.17, 15) is 13.6 Å². The lowest BCUT2D eigenvalue weighted by Crippen LogP contribution is -2.10. The molecule has 0 heterocycles. The first kappa shape index (κ1) is 20.0. The number of halogens is 2. The molecule has 0 amide bonds. The lowest BCUT2D eigenvalue weighted by Gasteiger charge is -2.15. The van der Waals surface area contributed by atoms with Crippen molar-refractivity contribution in [3.63, 3.8) is 0 Å². The number of ether oxygens (including phenoxy) is 1. The molecule has 132 valence electrons. The number of benzene rings is 2. The Morgan fingerprint density at radius 1 is 1.21 bits per heavy atom. The molecule has 0 aliphatic rings. The second-order valence-electron chi connectivity index (χ2n) is 4.86. The molecule has 3 nitrogen and oxygen atoms in total. The van der Waals surface area contributed by atoms with Crippen molar-refractivity contribution in [2.45, 2.75) is 32.6 Å². The molecule has 0 saturated heterocycles. The molecule has 24 heavy (non-hydrogen) atoms. The van der Waals surface area contributed by atoms with Crippen LogP contribution in [0.3, 0.4) is 0 Å². The van der Waals surface area contributed by atoms with Crippen molar-refractivity contribution < 1.29 is 19.7 Å². The van der Waals surface area contributed by atoms with E-state index in [1.165, 1.54) is 32.2 Å². The zero-order valence-corrected chi connectivity index (χ0v) is 15.2. The average molecular weight is 355 g/mol. The molecule has 2 aromatic rings. The molecule has 0 fully saturated rings. The molecule has 0 atom stereocenters. The molecule has 0 bridgehead atoms. The number of hydrogen-bond acceptors (Lipinski definition) is 4. The first-order valence-corrected chi connectivity index (χ1v) is 7.93. The summed E-state index contributed by atoms with van der Waals surface area (Å²) in [6.07, 6.45) is 0. The van der Waals surface area contributed by atoms with Gasteiger partial charge in [0.1, 0.15) is 5.82 Å². The van der Waals surface area contributed by atoms with E-state index in [1.807, 2.05) is 13.8 Å². The molecular weight excluding hydrogens is 332 g/mol. The van der Waals surface area contributed by atoms with E-state index < -0.39 is 17.6 Å². The topological polar surface area (TPSA) is 38.3 Å². The van der Waals surface area contributed by atoms with Crippen LogP contribution in [0, 0.1) is 25.5 Å². The van der Waals surface area contributed by atoms with Crippen LogP contribution in [-0.4, -0.2) is 13.1 Å². The molecule has 6 heteroatoms. The number of rotatable bonds is 3. The number of carbonyl (C=O) groups is 1. The third kappa shape index (κ3) is 4.26. The highest BCUT2D eigenvalue weighted by Crippen LogP contribution is 2.32. The van der Waals surface area contributed by atoms with Crippen molar-refractivity contribution in [3.05, 3.63) is 52.6 Å². The molecule has 2 aromatic carbocycles. The molecule has 0 aliphatic heterocycles. The van der Waals surface area contributed by atoms with Gasteiger partial charge < -0.3 is 10.1 Å². The number of esters is 1. The van der Waals surface area contributed by atoms with Gasteiger partial charge >= 0.3 is 5.97 Å². The van der Waals surface area contributed by atoms with Crippen LogP contribution < -0.4 is 5.32 Å². The summed E-state index contributed by atoms with van der Waals surface area (Å²) in [6.45, 7) is 7.27. The Kier molecular flexibility index (Phi) is 7.22. The van der Waals surface area contributed by atoms with E-state index in [0.29, 0.717) is 4.90 Å². The monoisotopic (exact) mass is 355 g/mol. The Morgan fingerprint density at radius 3 is 2.38 bits per heavy atom. The summed E-state index contributed by atoms with van der Waals surface area (Å²) in [7, 11) is 1.19. The Hall–Kier alpha value is -2.08. The number of nitrogens with one attached hydrogen (secondary N) is 1. The third-order valence-corrected chi connectivity index (χ3v) is 3.74. The fourth-order valence-electron chi connectivity index (χ4n) is 1.98. The number of anilines is 2. The smallest absolute Gasteiger partial charge is 0.340 e. The number of thiol groups is 1. The quantitative estimate of drug-likeness (QED) is 0.550. The third-order valence-electron chi connectivity index (χ3n) is 3.27. The van der Waals surface area contributed by atoms with Crippen LogP contribution in [0.1, 0.15) is 36.8 Å². The van der Waals surface area contributed by atoms with Crippen LogP contribution in [0.4, 0.5) is 20.2 Å². The maximum atomic E-state index is 14.5. The highest BCUT2D eigenvalue weighted by Gasteiger charge is 2.21. The predicted molar refractivity (Wildman–Crippen MR) is 97.6 cm³/mol. The van der Waals surface area contributed by atoms with Crippen molar-refractivity contribution in [1.29, 1.82) is 0 Å². The summed E-state index contributed by atoms with van der Waals surface area (Å²) in [5, 5.41) is 2.63. The number of carbonyl (C=O) groups excluding carboxylic acids is 1. The summed E-state index contributed by atoms with van der Waals surface area (Å²) >= 11 is 4.13. The van der Waals surface area contributed by atoms with Gasteiger partial charge in [-0.2, -0.15) is 0 Å². The summed E-state index contributed by atoms with van der Waals surface area (Å²) in [5.74, 6) is -1.94. The summed E-state index contributed by atoms with van der Waals surface area (Å²) in [6, 6.07) is 5.87. The normalized spacial score (nSPS) is 9.83. The minimum atomic E-state index is -0.732. The van der Waals surface area contributed by atoms with E-state index >= 15 is 0 Å². The summed E-state index contributed by atoms with van der Waals surface area (Å²) in [5.41, 5.74) is 0.881. The van der Waals surface area contributed by atoms with Crippen molar-refractivity contribution in [2.75, 3.05) is 12.4 Å². The molecule has 0 saturated carbocycles. The second-order valence-corrected chi connectivity index (χ2v) is 5.34. The first-order valence-electron chi connectivity index (χ1n) is 7.48. The van der Waals surface area contributed by atoms with Gasteiger partial charge in [0, 0.05) is 11.9 Å². The van der Waals surface area contributed by atoms with Gasteiger partial charge in [-0.15, -0.1) is 12.6 Å². The van der Waals surface area contributed by atoms with Gasteiger partial charge in [-0.25, -0.2) is 13.6 Å². The summed E-state index contributed by atoms with van der Waals surface area (Å²) in [4.78, 5) is 12.1. The Labute approximate surface area is 147 Å². The van der Waals surface area contributed by atoms with Crippen LogP contribution in [0.2, 0.25) is 0 Å². The van der Waals surface area contributed by atoms with Gasteiger partial charge in [-0.3, -0.25) is 0 Å². The molecule has 0 unspecified atom stereocenters. The maximum Gasteiger partial charge on any atom is 0.340 e. The maximum absolute atomic E-state index is 14.5. The molecule has 2 rings (SSSR count). The minimum Gasteiger partial charge on any atom is -0.465 e. The highest BCUT2D eigenvalue weighted by atomic mass is 32.1. The number of aryl methyl sites for hydroxylation is 1. The molecule has 0 spiro atoms. The fourth-order valence-corrected chi connectivity index (χ4v) is 2.21. The van der Waals surface area contributed by atoms with Gasteiger partial charge in [-0.05, 0) is 37.6 Å². The van der Waals surface area contributed by atoms with Crippen LogP contribution in [0.15, 0.2) is 29.2 Å². The molecule has 0 aromatic heterocycles. The molecule has 0 aliphatic carbocycles. The predicted octanol–water partition coefficient (Wildman–Crippen LogP) is 5.67. The number of methoxy groups -OCH3 is 1. The molecular formula is C18H23F2NO2S. The average Bonchev–Trinajstić information content (AvgIpc) is 2.58. The Bertz CT molecular complexity index is 754. The van der Waals surface area contributed by atoms with Crippen LogP contribution in [0.25, 0.3) is 0 Å². The SMILES string of the molecule is CC.COC(=O)c1cc(S)c(C)c(F)c1Nc1ccc(C)cc1F.[HH]. The van der Waals surface area contributed by atoms with E-state index in [1.54, 1.807) is 13.0 Å². The second kappa shape index (κ2) is 8.68. The van der Waals surface area contributed by atoms with Crippen molar-refractivity contribution in [1.82, 2.24) is 0 Å². The molecule has 0 radical (unpaired) electrons. The lowest BCUT2D eigenvalue weighted by atomic mass is 10.1. The highest BCUT2D eigenvalue weighted by molar-refractivity contribution is 7.80. The standard InChI is InChI=1S/C16H15F2NO2S.C2H6.H2/c1-8-4-5-12(11(17)6-8)19-15-10(16(20)21-3)7-13(22)9(2)14(15)18;1-2;/h4-7,19,22H,1-3H3;1-2H3;1H. The van der Waals surface area contributed by atoms with E-state index in [4.69, 9.17) is 0 Å². The zero-order chi connectivity index (χ0) is 18.4. The van der Waals surface area contributed by atoms with Crippen molar-refractivity contribution in [2.24, 2.45) is 0 Å². The fraction of sp³-hybridized carbons (Fsp3) is 0.278. The number of hydrogen-bond donors (Lipinski definition) is 2. The van der Waals surface area contributed by atoms with Crippen LogP contribution in [0.5, 0.6) is 0 Å². The van der Waals surface area contributed by atoms with Crippen LogP contribution in [-0.2, 0) is 4.74 Å². The summed E-state index contributed by atoms with van der Waals surface area (Å²) < 4.78 is 33.1. The van der Waals surface area contributed by atoms with Gasteiger partial charge in [0.05, 0.1) is 24.0 Å². The first-order chi connectivity index (χ1) is 11.3. The van der Waals surface area contributed by atoms with Crippen molar-refractivity contribution in [3.8, 4) is 0 Å². The van der Waals surface area contributed by atoms with Gasteiger partial charge in [0.2, 0.25) is 0 Å². The van der Waals surface area contributed by atoms with Crippen molar-refractivity contribution >= 4 is 30.0 Å². The van der Waals surface area contributed by atoms with Gasteiger partial charge in [0.15, 0.2) is 5.82 Å². The lowest BCUT2D eigenvalue weighted by molar-refractivity contribution is 0.0601. The minimum absolute atomic E-state index is 0. The Balaban J connectivity index is 0.00000185. The van der Waals surface area contributed by atoms with E-state index in [-0.39, 0.29) is 23.9 Å². The van der Waals surface area contributed by atoms with E-state index in [0.717, 1.165) is 5.56 Å².